The smallest absolute Gasteiger partial charge is 0.312 e. The molecular weight excluding hydrogens is 190 g/mol. The van der Waals surface area contributed by atoms with Crippen molar-refractivity contribution in [2.45, 2.75) is 52.9 Å². The summed E-state index contributed by atoms with van der Waals surface area (Å²) < 4.78 is 0. The highest BCUT2D eigenvalue weighted by atomic mass is 16.4. The molecule has 0 heterocycles. The molecule has 88 valence electrons. The van der Waals surface area contributed by atoms with E-state index in [1.807, 2.05) is 13.8 Å². The molecule has 0 spiro atoms. The number of carboxylic acid groups (broad SMARTS) is 1. The van der Waals surface area contributed by atoms with Crippen LogP contribution in [0.2, 0.25) is 0 Å². The highest BCUT2D eigenvalue weighted by Gasteiger charge is 2.18. The van der Waals surface area contributed by atoms with Crippen LogP contribution in [-0.4, -0.2) is 23.3 Å². The predicted molar refractivity (Wildman–Crippen MR) is 63.5 cm³/mol. The number of nitrogens with zero attached hydrogens (tertiary/aromatic N) is 1. The maximum atomic E-state index is 10.9. The van der Waals surface area contributed by atoms with Crippen molar-refractivity contribution in [1.82, 2.24) is 0 Å². The minimum Gasteiger partial charge on any atom is -0.481 e. The maximum Gasteiger partial charge on any atom is 0.312 e. The Kier molecular flexibility index (Phi) is 7.96. The Morgan fingerprint density at radius 2 is 1.93 bits per heavy atom. The molecule has 1 unspecified atom stereocenters. The second-order valence-corrected chi connectivity index (χ2v) is 3.91. The summed E-state index contributed by atoms with van der Waals surface area (Å²) in [5.41, 5.74) is 0.778. The summed E-state index contributed by atoms with van der Waals surface area (Å²) >= 11 is 0. The molecule has 0 aliphatic heterocycles. The van der Waals surface area contributed by atoms with Gasteiger partial charge in [0.15, 0.2) is 0 Å². The van der Waals surface area contributed by atoms with Crippen LogP contribution in [0.25, 0.3) is 0 Å². The van der Waals surface area contributed by atoms with Crippen LogP contribution in [0.15, 0.2) is 4.99 Å². The molecular formula is C12H23NO2. The van der Waals surface area contributed by atoms with Crippen molar-refractivity contribution in [1.29, 1.82) is 0 Å². The van der Waals surface area contributed by atoms with E-state index in [0.717, 1.165) is 25.1 Å². The molecule has 0 saturated heterocycles. The number of unbranched alkanes of at least 4 members (excludes halogenated alkanes) is 2. The molecule has 0 saturated carbocycles. The van der Waals surface area contributed by atoms with Crippen LogP contribution in [0.5, 0.6) is 0 Å². The standard InChI is InChI=1S/C12H23NO2/c1-4-6-7-9-13-10(3)11(8-5-2)12(14)15/h11H,4-9H2,1-3H3,(H,14,15). The fourth-order valence-electron chi connectivity index (χ4n) is 1.53. The highest BCUT2D eigenvalue weighted by molar-refractivity contribution is 6.00. The zero-order chi connectivity index (χ0) is 11.7. The molecule has 0 amide bonds. The molecule has 0 aromatic carbocycles. The van der Waals surface area contributed by atoms with Crippen molar-refractivity contribution in [2.24, 2.45) is 10.9 Å². The van der Waals surface area contributed by atoms with Crippen molar-refractivity contribution < 1.29 is 9.90 Å². The van der Waals surface area contributed by atoms with Crippen LogP contribution in [0.4, 0.5) is 0 Å². The van der Waals surface area contributed by atoms with Gasteiger partial charge in [0.05, 0.1) is 5.92 Å². The molecule has 0 aliphatic carbocycles. The van der Waals surface area contributed by atoms with Crippen LogP contribution < -0.4 is 0 Å². The molecule has 3 heteroatoms. The van der Waals surface area contributed by atoms with Crippen LogP contribution in [0.1, 0.15) is 52.9 Å². The van der Waals surface area contributed by atoms with Gasteiger partial charge in [0.1, 0.15) is 0 Å². The topological polar surface area (TPSA) is 49.7 Å². The van der Waals surface area contributed by atoms with E-state index in [0.29, 0.717) is 6.42 Å². The highest BCUT2D eigenvalue weighted by Crippen LogP contribution is 2.09. The fraction of sp³-hybridized carbons (Fsp3) is 0.833. The molecule has 0 radical (unpaired) electrons. The summed E-state index contributed by atoms with van der Waals surface area (Å²) in [7, 11) is 0. The van der Waals surface area contributed by atoms with Gasteiger partial charge in [-0.25, -0.2) is 0 Å². The third-order valence-corrected chi connectivity index (χ3v) is 2.50. The second kappa shape index (κ2) is 8.45. The van der Waals surface area contributed by atoms with Gasteiger partial charge < -0.3 is 5.11 Å². The molecule has 0 rings (SSSR count). The summed E-state index contributed by atoms with van der Waals surface area (Å²) in [5, 5.41) is 9.00. The van der Waals surface area contributed by atoms with Crippen molar-refractivity contribution >= 4 is 11.7 Å². The van der Waals surface area contributed by atoms with Crippen molar-refractivity contribution in [3.63, 3.8) is 0 Å². The van der Waals surface area contributed by atoms with Gasteiger partial charge >= 0.3 is 5.97 Å². The quantitative estimate of drug-likeness (QED) is 0.497. The van der Waals surface area contributed by atoms with Gasteiger partial charge in [-0.3, -0.25) is 9.79 Å². The summed E-state index contributed by atoms with van der Waals surface area (Å²) in [4.78, 5) is 15.3. The van der Waals surface area contributed by atoms with E-state index < -0.39 is 5.97 Å². The molecule has 0 aromatic heterocycles. The monoisotopic (exact) mass is 213 g/mol. The molecule has 15 heavy (non-hydrogen) atoms. The zero-order valence-corrected chi connectivity index (χ0v) is 10.1. The van der Waals surface area contributed by atoms with Crippen LogP contribution in [0, 0.1) is 5.92 Å². The van der Waals surface area contributed by atoms with Crippen LogP contribution >= 0.6 is 0 Å². The first kappa shape index (κ1) is 14.1. The Balaban J connectivity index is 4.10. The van der Waals surface area contributed by atoms with Crippen molar-refractivity contribution in [3.8, 4) is 0 Å². The van der Waals surface area contributed by atoms with Crippen LogP contribution in [0.3, 0.4) is 0 Å². The van der Waals surface area contributed by atoms with Gasteiger partial charge in [-0.15, -0.1) is 0 Å². The lowest BCUT2D eigenvalue weighted by Gasteiger charge is -2.10. The Bertz CT molecular complexity index is 212. The first-order chi connectivity index (χ1) is 7.13. The van der Waals surface area contributed by atoms with E-state index in [2.05, 4.69) is 11.9 Å². The van der Waals surface area contributed by atoms with Gasteiger partial charge in [0, 0.05) is 12.3 Å². The normalized spacial score (nSPS) is 13.9. The molecule has 1 N–H and O–H groups in total. The van der Waals surface area contributed by atoms with E-state index in [1.54, 1.807) is 0 Å². The Morgan fingerprint density at radius 3 is 2.40 bits per heavy atom. The maximum absolute atomic E-state index is 10.9. The summed E-state index contributed by atoms with van der Waals surface area (Å²) in [6.07, 6.45) is 4.98. The minimum absolute atomic E-state index is 0.378. The lowest BCUT2D eigenvalue weighted by atomic mass is 9.99. The van der Waals surface area contributed by atoms with Gasteiger partial charge in [0.2, 0.25) is 0 Å². The van der Waals surface area contributed by atoms with E-state index in [9.17, 15) is 4.79 Å². The number of hydrogen-bond donors (Lipinski definition) is 1. The number of aliphatic carboxylic acids is 1. The number of aliphatic imine (C=N–C) groups is 1. The number of rotatable bonds is 8. The average molecular weight is 213 g/mol. The van der Waals surface area contributed by atoms with E-state index >= 15 is 0 Å². The molecule has 0 bridgehead atoms. The molecule has 0 fully saturated rings. The van der Waals surface area contributed by atoms with Crippen molar-refractivity contribution in [2.75, 3.05) is 6.54 Å². The summed E-state index contributed by atoms with van der Waals surface area (Å²) in [6, 6.07) is 0. The first-order valence-corrected chi connectivity index (χ1v) is 5.87. The minimum atomic E-state index is -0.742. The van der Waals surface area contributed by atoms with Crippen molar-refractivity contribution in [3.05, 3.63) is 0 Å². The van der Waals surface area contributed by atoms with Gasteiger partial charge in [-0.2, -0.15) is 0 Å². The van der Waals surface area contributed by atoms with Gasteiger partial charge in [-0.1, -0.05) is 33.1 Å². The van der Waals surface area contributed by atoms with Gasteiger partial charge in [0.25, 0.3) is 0 Å². The largest absolute Gasteiger partial charge is 0.481 e. The second-order valence-electron chi connectivity index (χ2n) is 3.91. The average Bonchev–Trinajstić information content (AvgIpc) is 2.20. The molecule has 0 aliphatic rings. The van der Waals surface area contributed by atoms with Gasteiger partial charge in [-0.05, 0) is 19.8 Å². The van der Waals surface area contributed by atoms with E-state index in [4.69, 9.17) is 5.11 Å². The molecule has 1 atom stereocenters. The van der Waals surface area contributed by atoms with Crippen LogP contribution in [-0.2, 0) is 4.79 Å². The molecule has 3 nitrogen and oxygen atoms in total. The summed E-state index contributed by atoms with van der Waals surface area (Å²) in [5.74, 6) is -1.12. The SMILES string of the molecule is CCCCCN=C(C)C(CCC)C(=O)O. The molecule has 0 aromatic rings. The number of carboxylic acids is 1. The van der Waals surface area contributed by atoms with E-state index in [-0.39, 0.29) is 5.92 Å². The predicted octanol–water partition coefficient (Wildman–Crippen LogP) is 3.14. The fourth-order valence-corrected chi connectivity index (χ4v) is 1.53. The lowest BCUT2D eigenvalue weighted by molar-refractivity contribution is -0.139. The van der Waals surface area contributed by atoms with E-state index in [1.165, 1.54) is 12.8 Å². The summed E-state index contributed by atoms with van der Waals surface area (Å²) in [6.45, 7) is 6.75. The Hall–Kier alpha value is -0.860. The zero-order valence-electron chi connectivity index (χ0n) is 10.1. The number of carbonyl (C=O) groups is 1. The third kappa shape index (κ3) is 6.26. The number of hydrogen-bond acceptors (Lipinski definition) is 2. The Morgan fingerprint density at radius 1 is 1.27 bits per heavy atom. The Labute approximate surface area is 92.6 Å². The lowest BCUT2D eigenvalue weighted by Crippen LogP contribution is -2.21. The third-order valence-electron chi connectivity index (χ3n) is 2.50. The first-order valence-electron chi connectivity index (χ1n) is 5.87.